The average molecular weight is 373 g/mol. The van der Waals surface area contributed by atoms with E-state index in [1.807, 2.05) is 18.7 Å². The zero-order chi connectivity index (χ0) is 18.4. The van der Waals surface area contributed by atoms with Crippen LogP contribution >= 0.6 is 11.6 Å². The second kappa shape index (κ2) is 8.38. The van der Waals surface area contributed by atoms with Crippen LogP contribution in [0.3, 0.4) is 0 Å². The number of alkyl halides is 3. The summed E-state index contributed by atoms with van der Waals surface area (Å²) in [4.78, 5) is 10.6. The van der Waals surface area contributed by atoms with Gasteiger partial charge in [-0.25, -0.2) is 4.98 Å². The van der Waals surface area contributed by atoms with Crippen LogP contribution in [0.4, 0.5) is 30.6 Å². The minimum absolute atomic E-state index is 0.0262. The van der Waals surface area contributed by atoms with Crippen molar-refractivity contribution >= 4 is 29.1 Å². The van der Waals surface area contributed by atoms with Gasteiger partial charge in [0.2, 0.25) is 5.95 Å². The number of anilines is 3. The predicted molar refractivity (Wildman–Crippen MR) is 94.6 cm³/mol. The maximum Gasteiger partial charge on any atom is 0.418 e. The number of hydrogen-bond donors (Lipinski definition) is 1. The topological polar surface area (TPSA) is 41.1 Å². The molecule has 4 nitrogen and oxygen atoms in total. The van der Waals surface area contributed by atoms with Crippen LogP contribution in [-0.4, -0.2) is 23.1 Å². The predicted octanol–water partition coefficient (Wildman–Crippen LogP) is 5.52. The van der Waals surface area contributed by atoms with Gasteiger partial charge in [0.25, 0.3) is 0 Å². The Labute approximate surface area is 150 Å². The molecule has 1 aromatic carbocycles. The van der Waals surface area contributed by atoms with Crippen LogP contribution in [0.25, 0.3) is 0 Å². The first kappa shape index (κ1) is 19.3. The lowest BCUT2D eigenvalue weighted by atomic mass is 10.1. The molecule has 0 amide bonds. The quantitative estimate of drug-likeness (QED) is 0.694. The molecule has 0 bridgehead atoms. The van der Waals surface area contributed by atoms with E-state index in [4.69, 9.17) is 11.6 Å². The number of halogens is 4. The Kier molecular flexibility index (Phi) is 6.47. The third-order valence-electron chi connectivity index (χ3n) is 3.46. The fourth-order valence-corrected chi connectivity index (χ4v) is 2.59. The van der Waals surface area contributed by atoms with Crippen molar-refractivity contribution in [2.45, 2.75) is 32.9 Å². The van der Waals surface area contributed by atoms with Crippen molar-refractivity contribution in [3.63, 3.8) is 0 Å². The maximum atomic E-state index is 13.2. The number of rotatable bonds is 7. The summed E-state index contributed by atoms with van der Waals surface area (Å²) in [5, 5.41) is 2.76. The van der Waals surface area contributed by atoms with Gasteiger partial charge in [-0.2, -0.15) is 18.2 Å². The van der Waals surface area contributed by atoms with Crippen molar-refractivity contribution in [2.24, 2.45) is 0 Å². The standard InChI is InChI=1S/C17H20ClF3N4/c1-3-9-25(10-4-2)16-22-8-7-15(24-16)23-14-6-5-12(18)11-13(14)17(19,20)21/h5-8,11H,3-4,9-10H2,1-2H3,(H,22,23,24). The monoisotopic (exact) mass is 372 g/mol. The second-order valence-corrected chi connectivity index (χ2v) is 5.98. The lowest BCUT2D eigenvalue weighted by Crippen LogP contribution is -2.27. The summed E-state index contributed by atoms with van der Waals surface area (Å²) in [6.45, 7) is 5.67. The largest absolute Gasteiger partial charge is 0.418 e. The van der Waals surface area contributed by atoms with E-state index in [1.165, 1.54) is 24.4 Å². The summed E-state index contributed by atoms with van der Waals surface area (Å²) >= 11 is 5.70. The van der Waals surface area contributed by atoms with Gasteiger partial charge in [0.05, 0.1) is 11.3 Å². The molecule has 0 atom stereocenters. The molecular weight excluding hydrogens is 353 g/mol. The van der Waals surface area contributed by atoms with Crippen molar-refractivity contribution in [3.05, 3.63) is 41.0 Å². The molecule has 2 rings (SSSR count). The van der Waals surface area contributed by atoms with Crippen LogP contribution in [0.5, 0.6) is 0 Å². The van der Waals surface area contributed by atoms with Crippen LogP contribution in [0.2, 0.25) is 5.02 Å². The van der Waals surface area contributed by atoms with Gasteiger partial charge in [-0.05, 0) is 37.1 Å². The molecule has 1 N–H and O–H groups in total. The minimum Gasteiger partial charge on any atom is -0.341 e. The third-order valence-corrected chi connectivity index (χ3v) is 3.70. The lowest BCUT2D eigenvalue weighted by Gasteiger charge is -2.22. The van der Waals surface area contributed by atoms with Gasteiger partial charge in [0.15, 0.2) is 0 Å². The third kappa shape index (κ3) is 5.22. The molecule has 0 aliphatic heterocycles. The van der Waals surface area contributed by atoms with Crippen LogP contribution in [-0.2, 0) is 6.18 Å². The fraction of sp³-hybridized carbons (Fsp3) is 0.412. The van der Waals surface area contributed by atoms with Gasteiger partial charge in [0.1, 0.15) is 5.82 Å². The Morgan fingerprint density at radius 2 is 1.80 bits per heavy atom. The molecule has 0 spiro atoms. The van der Waals surface area contributed by atoms with E-state index in [-0.39, 0.29) is 10.7 Å². The number of benzene rings is 1. The second-order valence-electron chi connectivity index (χ2n) is 5.54. The number of nitrogens with zero attached hydrogens (tertiary/aromatic N) is 3. The molecule has 0 aliphatic carbocycles. The van der Waals surface area contributed by atoms with Crippen molar-refractivity contribution in [1.82, 2.24) is 9.97 Å². The molecule has 0 fully saturated rings. The molecule has 0 saturated heterocycles. The van der Waals surface area contributed by atoms with Gasteiger partial charge in [-0.3, -0.25) is 0 Å². The smallest absolute Gasteiger partial charge is 0.341 e. The Morgan fingerprint density at radius 3 is 2.40 bits per heavy atom. The number of aromatic nitrogens is 2. The summed E-state index contributed by atoms with van der Waals surface area (Å²) in [7, 11) is 0. The van der Waals surface area contributed by atoms with Crippen molar-refractivity contribution in [3.8, 4) is 0 Å². The molecule has 0 saturated carbocycles. The molecule has 1 heterocycles. The normalized spacial score (nSPS) is 11.4. The summed E-state index contributed by atoms with van der Waals surface area (Å²) in [6.07, 6.45) is -1.13. The zero-order valence-corrected chi connectivity index (χ0v) is 14.8. The summed E-state index contributed by atoms with van der Waals surface area (Å²) in [5.74, 6) is 0.797. The molecule has 25 heavy (non-hydrogen) atoms. The molecule has 2 aromatic rings. The van der Waals surface area contributed by atoms with Gasteiger partial charge in [-0.1, -0.05) is 25.4 Å². The Bertz CT molecular complexity index is 701. The van der Waals surface area contributed by atoms with E-state index in [1.54, 1.807) is 0 Å². The highest BCUT2D eigenvalue weighted by molar-refractivity contribution is 6.30. The minimum atomic E-state index is -4.51. The SMILES string of the molecule is CCCN(CCC)c1nccc(Nc2ccc(Cl)cc2C(F)(F)F)n1. The molecule has 1 aromatic heterocycles. The Hall–Kier alpha value is -2.02. The van der Waals surface area contributed by atoms with Gasteiger partial charge >= 0.3 is 6.18 Å². The molecule has 0 unspecified atom stereocenters. The Balaban J connectivity index is 2.31. The molecular formula is C17H20ClF3N4. The van der Waals surface area contributed by atoms with E-state index in [9.17, 15) is 13.2 Å². The maximum absolute atomic E-state index is 13.2. The molecule has 0 aliphatic rings. The van der Waals surface area contributed by atoms with Gasteiger partial charge in [0, 0.05) is 24.3 Å². The summed E-state index contributed by atoms with van der Waals surface area (Å²) < 4.78 is 39.6. The zero-order valence-electron chi connectivity index (χ0n) is 14.1. The van der Waals surface area contributed by atoms with Crippen molar-refractivity contribution in [2.75, 3.05) is 23.3 Å². The van der Waals surface area contributed by atoms with Crippen LogP contribution in [0.15, 0.2) is 30.5 Å². The highest BCUT2D eigenvalue weighted by Gasteiger charge is 2.34. The van der Waals surface area contributed by atoms with Crippen LogP contribution in [0, 0.1) is 0 Å². The number of nitrogens with one attached hydrogen (secondary N) is 1. The molecule has 0 radical (unpaired) electrons. The highest BCUT2D eigenvalue weighted by atomic mass is 35.5. The van der Waals surface area contributed by atoms with E-state index >= 15 is 0 Å². The highest BCUT2D eigenvalue weighted by Crippen LogP contribution is 2.37. The molecule has 8 heteroatoms. The van der Waals surface area contributed by atoms with Gasteiger partial charge in [-0.15, -0.1) is 0 Å². The number of hydrogen-bond acceptors (Lipinski definition) is 4. The van der Waals surface area contributed by atoms with Crippen molar-refractivity contribution < 1.29 is 13.2 Å². The fourth-order valence-electron chi connectivity index (χ4n) is 2.42. The summed E-state index contributed by atoms with van der Waals surface area (Å²) in [5.41, 5.74) is -0.932. The van der Waals surface area contributed by atoms with E-state index < -0.39 is 11.7 Å². The first-order valence-corrected chi connectivity index (χ1v) is 8.44. The Morgan fingerprint density at radius 1 is 1.12 bits per heavy atom. The average Bonchev–Trinajstić information content (AvgIpc) is 2.56. The molecule has 136 valence electrons. The van der Waals surface area contributed by atoms with E-state index in [2.05, 4.69) is 15.3 Å². The van der Waals surface area contributed by atoms with Crippen LogP contribution < -0.4 is 10.2 Å². The van der Waals surface area contributed by atoms with Gasteiger partial charge < -0.3 is 10.2 Å². The van der Waals surface area contributed by atoms with Crippen LogP contribution in [0.1, 0.15) is 32.3 Å². The van der Waals surface area contributed by atoms with E-state index in [0.29, 0.717) is 11.8 Å². The lowest BCUT2D eigenvalue weighted by molar-refractivity contribution is -0.136. The van der Waals surface area contributed by atoms with Crippen molar-refractivity contribution in [1.29, 1.82) is 0 Å². The van der Waals surface area contributed by atoms with E-state index in [0.717, 1.165) is 32.0 Å². The summed E-state index contributed by atoms with van der Waals surface area (Å²) in [6, 6.07) is 5.13. The first-order chi connectivity index (χ1) is 11.8. The first-order valence-electron chi connectivity index (χ1n) is 8.07.